The van der Waals surface area contributed by atoms with Crippen molar-refractivity contribution in [1.82, 2.24) is 19.4 Å². The fraction of sp³-hybridized carbons (Fsp3) is 0.333. The highest BCUT2D eigenvalue weighted by atomic mass is 32.1. The van der Waals surface area contributed by atoms with E-state index in [1.165, 1.54) is 22.9 Å². The van der Waals surface area contributed by atoms with Crippen LogP contribution in [0, 0.1) is 0 Å². The van der Waals surface area contributed by atoms with Crippen LogP contribution in [0.15, 0.2) is 60.2 Å². The molecule has 1 aromatic carbocycles. The van der Waals surface area contributed by atoms with Crippen molar-refractivity contribution in [2.45, 2.75) is 38.4 Å². The summed E-state index contributed by atoms with van der Waals surface area (Å²) in [7, 11) is 0. The first-order valence-electron chi connectivity index (χ1n) is 10.9. The highest BCUT2D eigenvalue weighted by molar-refractivity contribution is 7.13. The van der Waals surface area contributed by atoms with Gasteiger partial charge in [0.1, 0.15) is 5.82 Å². The number of hydrogen-bond acceptors (Lipinski definition) is 6. The van der Waals surface area contributed by atoms with Crippen LogP contribution >= 0.6 is 11.3 Å². The monoisotopic (exact) mass is 433 g/mol. The minimum atomic E-state index is 0.215. The van der Waals surface area contributed by atoms with Gasteiger partial charge in [0.05, 0.1) is 11.7 Å². The van der Waals surface area contributed by atoms with E-state index in [0.29, 0.717) is 6.04 Å². The molecule has 0 radical (unpaired) electrons. The zero-order chi connectivity index (χ0) is 21.0. The second-order valence-electron chi connectivity index (χ2n) is 7.98. The molecule has 3 aromatic heterocycles. The number of rotatable bonds is 8. The number of aliphatic hydroxyl groups excluding tert-OH is 1. The number of anilines is 2. The van der Waals surface area contributed by atoms with Crippen molar-refractivity contribution < 1.29 is 5.11 Å². The highest BCUT2D eigenvalue weighted by Gasteiger charge is 2.28. The van der Waals surface area contributed by atoms with Gasteiger partial charge in [-0.05, 0) is 49.6 Å². The van der Waals surface area contributed by atoms with Crippen LogP contribution in [-0.4, -0.2) is 37.7 Å². The van der Waals surface area contributed by atoms with E-state index in [-0.39, 0.29) is 6.61 Å². The summed E-state index contributed by atoms with van der Waals surface area (Å²) in [5.41, 5.74) is 3.70. The van der Waals surface area contributed by atoms with Crippen LogP contribution in [0.1, 0.15) is 36.6 Å². The zero-order valence-electron chi connectivity index (χ0n) is 17.4. The van der Waals surface area contributed by atoms with Crippen LogP contribution in [0.5, 0.6) is 0 Å². The predicted octanol–water partition coefficient (Wildman–Crippen LogP) is 4.96. The van der Waals surface area contributed by atoms with E-state index < -0.39 is 0 Å². The van der Waals surface area contributed by atoms with E-state index in [1.54, 1.807) is 17.5 Å². The first-order valence-corrected chi connectivity index (χ1v) is 11.7. The molecule has 5 rings (SSSR count). The van der Waals surface area contributed by atoms with Crippen molar-refractivity contribution >= 4 is 33.2 Å². The van der Waals surface area contributed by atoms with Gasteiger partial charge >= 0.3 is 0 Å². The minimum Gasteiger partial charge on any atom is -0.396 e. The number of thiazole rings is 1. The summed E-state index contributed by atoms with van der Waals surface area (Å²) in [6.07, 6.45) is 7.14. The minimum absolute atomic E-state index is 0.215. The van der Waals surface area contributed by atoms with Gasteiger partial charge in [-0.15, -0.1) is 11.3 Å². The Labute approximate surface area is 186 Å². The average molecular weight is 434 g/mol. The van der Waals surface area contributed by atoms with Gasteiger partial charge in [-0.3, -0.25) is 4.90 Å². The van der Waals surface area contributed by atoms with Gasteiger partial charge in [-0.25, -0.2) is 9.97 Å². The maximum absolute atomic E-state index is 9.26. The third-order valence-corrected chi connectivity index (χ3v) is 6.63. The molecule has 1 unspecified atom stereocenters. The molecule has 4 aromatic rings. The molecular weight excluding hydrogens is 406 g/mol. The average Bonchev–Trinajstić information content (AvgIpc) is 3.54. The molecule has 4 heterocycles. The Morgan fingerprint density at radius 1 is 1.16 bits per heavy atom. The lowest BCUT2D eigenvalue weighted by atomic mass is 10.1. The molecular formula is C24H27N5OS. The van der Waals surface area contributed by atoms with Crippen LogP contribution in [0.2, 0.25) is 0 Å². The van der Waals surface area contributed by atoms with E-state index in [1.807, 2.05) is 11.4 Å². The molecule has 31 heavy (non-hydrogen) atoms. The topological polar surface area (TPSA) is 66.2 Å². The molecule has 7 heteroatoms. The lowest BCUT2D eigenvalue weighted by Crippen LogP contribution is -2.23. The van der Waals surface area contributed by atoms with Crippen LogP contribution in [0.3, 0.4) is 0 Å². The highest BCUT2D eigenvalue weighted by Crippen LogP contribution is 2.34. The lowest BCUT2D eigenvalue weighted by molar-refractivity contribution is 0.245. The fourth-order valence-corrected chi connectivity index (χ4v) is 5.08. The van der Waals surface area contributed by atoms with Crippen molar-refractivity contribution in [2.24, 2.45) is 0 Å². The quantitative estimate of drug-likeness (QED) is 0.411. The molecule has 0 aliphatic carbocycles. The van der Waals surface area contributed by atoms with Crippen molar-refractivity contribution in [1.29, 1.82) is 0 Å². The molecule has 160 valence electrons. The molecule has 1 aliphatic heterocycles. The number of pyridine rings is 1. The van der Waals surface area contributed by atoms with Gasteiger partial charge in [0.25, 0.3) is 0 Å². The summed E-state index contributed by atoms with van der Waals surface area (Å²) >= 11 is 1.58. The molecule has 1 fully saturated rings. The SMILES string of the molecule is OCCCn1cc(CN2CCCC2c2cccc(Nc3nccs3)n2)c2ccccc21. The molecule has 1 atom stereocenters. The predicted molar refractivity (Wildman–Crippen MR) is 126 cm³/mol. The van der Waals surface area contributed by atoms with Crippen molar-refractivity contribution in [3.8, 4) is 0 Å². The number of fused-ring (bicyclic) bond motifs is 1. The van der Waals surface area contributed by atoms with Gasteiger partial charge in [-0.1, -0.05) is 24.3 Å². The Balaban J connectivity index is 1.38. The summed E-state index contributed by atoms with van der Waals surface area (Å²) < 4.78 is 2.28. The van der Waals surface area contributed by atoms with Crippen molar-refractivity contribution in [3.63, 3.8) is 0 Å². The van der Waals surface area contributed by atoms with E-state index in [4.69, 9.17) is 4.98 Å². The Morgan fingerprint density at radius 3 is 2.97 bits per heavy atom. The Bertz CT molecular complexity index is 1140. The van der Waals surface area contributed by atoms with Crippen LogP contribution in [-0.2, 0) is 13.1 Å². The molecule has 1 saturated heterocycles. The second kappa shape index (κ2) is 9.18. The summed E-state index contributed by atoms with van der Waals surface area (Å²) in [6, 6.07) is 15.1. The number of aliphatic hydroxyl groups is 1. The van der Waals surface area contributed by atoms with Crippen molar-refractivity contribution in [3.05, 3.63) is 71.5 Å². The first kappa shape index (κ1) is 20.2. The number of nitrogens with one attached hydrogen (secondary N) is 1. The number of likely N-dealkylation sites (tertiary alicyclic amines) is 1. The number of para-hydroxylation sites is 1. The lowest BCUT2D eigenvalue weighted by Gasteiger charge is -2.24. The number of aromatic nitrogens is 3. The van der Waals surface area contributed by atoms with E-state index >= 15 is 0 Å². The summed E-state index contributed by atoms with van der Waals surface area (Å²) in [5.74, 6) is 0.847. The van der Waals surface area contributed by atoms with E-state index in [9.17, 15) is 5.11 Å². The number of aryl methyl sites for hydroxylation is 1. The standard InChI is InChI=1S/C24H27N5OS/c30-14-5-13-28-16-18(19-6-1-2-8-21(19)28)17-29-12-4-9-22(29)20-7-3-10-23(26-20)27-24-25-11-15-31-24/h1-3,6-8,10-11,15-16,22,30H,4-5,9,12-14,17H2,(H,25,26,27). The Kier molecular flexibility index (Phi) is 5.97. The zero-order valence-corrected chi connectivity index (χ0v) is 18.3. The summed E-state index contributed by atoms with van der Waals surface area (Å²) in [4.78, 5) is 11.8. The van der Waals surface area contributed by atoms with Gasteiger partial charge in [-0.2, -0.15) is 0 Å². The van der Waals surface area contributed by atoms with Gasteiger partial charge in [0, 0.05) is 48.4 Å². The largest absolute Gasteiger partial charge is 0.396 e. The van der Waals surface area contributed by atoms with E-state index in [2.05, 4.69) is 62.4 Å². The van der Waals surface area contributed by atoms with Gasteiger partial charge < -0.3 is 15.0 Å². The fourth-order valence-electron chi connectivity index (χ4n) is 4.55. The van der Waals surface area contributed by atoms with Gasteiger partial charge in [0.2, 0.25) is 0 Å². The molecule has 0 amide bonds. The van der Waals surface area contributed by atoms with Gasteiger partial charge in [0.15, 0.2) is 5.13 Å². The van der Waals surface area contributed by atoms with Crippen molar-refractivity contribution in [2.75, 3.05) is 18.5 Å². The molecule has 0 saturated carbocycles. The summed E-state index contributed by atoms with van der Waals surface area (Å²) in [6.45, 7) is 3.04. The van der Waals surface area contributed by atoms with Crippen LogP contribution in [0.4, 0.5) is 10.9 Å². The number of nitrogens with zero attached hydrogens (tertiary/aromatic N) is 4. The van der Waals surface area contributed by atoms with Crippen LogP contribution < -0.4 is 5.32 Å². The molecule has 0 bridgehead atoms. The van der Waals surface area contributed by atoms with Crippen LogP contribution in [0.25, 0.3) is 10.9 Å². The number of benzene rings is 1. The first-order chi connectivity index (χ1) is 15.3. The number of hydrogen-bond donors (Lipinski definition) is 2. The molecule has 2 N–H and O–H groups in total. The maximum atomic E-state index is 9.26. The van der Waals surface area contributed by atoms with E-state index in [0.717, 1.165) is 49.1 Å². The summed E-state index contributed by atoms with van der Waals surface area (Å²) in [5, 5.41) is 16.7. The Hall–Kier alpha value is -2.74. The molecule has 0 spiro atoms. The normalized spacial score (nSPS) is 16.9. The molecule has 6 nitrogen and oxygen atoms in total. The smallest absolute Gasteiger partial charge is 0.188 e. The molecule has 1 aliphatic rings. The third kappa shape index (κ3) is 4.35. The third-order valence-electron chi connectivity index (χ3n) is 5.94. The second-order valence-corrected chi connectivity index (χ2v) is 8.88. The maximum Gasteiger partial charge on any atom is 0.188 e. The Morgan fingerprint density at radius 2 is 2.10 bits per heavy atom.